The van der Waals surface area contributed by atoms with Crippen molar-refractivity contribution in [2.24, 2.45) is 0 Å². The zero-order chi connectivity index (χ0) is 9.68. The van der Waals surface area contributed by atoms with Gasteiger partial charge in [-0.25, -0.2) is 4.68 Å². The molecule has 0 aromatic carbocycles. The summed E-state index contributed by atoms with van der Waals surface area (Å²) in [6, 6.07) is 2.06. The van der Waals surface area contributed by atoms with Gasteiger partial charge in [-0.3, -0.25) is 0 Å². The summed E-state index contributed by atoms with van der Waals surface area (Å²) in [7, 11) is 0. The van der Waals surface area contributed by atoms with Crippen molar-refractivity contribution in [2.75, 3.05) is 11.5 Å². The van der Waals surface area contributed by atoms with Crippen molar-refractivity contribution in [3.05, 3.63) is 6.20 Å². The third-order valence-electron chi connectivity index (χ3n) is 1.58. The van der Waals surface area contributed by atoms with Gasteiger partial charge in [-0.2, -0.15) is 10.4 Å². The van der Waals surface area contributed by atoms with E-state index < -0.39 is 0 Å². The van der Waals surface area contributed by atoms with Gasteiger partial charge in [-0.1, -0.05) is 6.92 Å². The lowest BCUT2D eigenvalue weighted by atomic mass is 10.5. The highest BCUT2D eigenvalue weighted by molar-refractivity contribution is 7.99. The number of hydrogen-bond donors (Lipinski definition) is 1. The van der Waals surface area contributed by atoms with Crippen molar-refractivity contribution in [2.45, 2.75) is 24.8 Å². The molecule has 0 aliphatic heterocycles. The first-order valence-electron chi connectivity index (χ1n) is 4.10. The molecule has 0 aliphatic carbocycles. The van der Waals surface area contributed by atoms with Crippen molar-refractivity contribution in [1.29, 1.82) is 5.26 Å². The molecule has 0 saturated carbocycles. The van der Waals surface area contributed by atoms with Gasteiger partial charge in [0.25, 0.3) is 0 Å². The summed E-state index contributed by atoms with van der Waals surface area (Å²) in [4.78, 5) is 1.00. The molecule has 70 valence electrons. The minimum Gasteiger partial charge on any atom is -0.383 e. The molecule has 0 bridgehead atoms. The monoisotopic (exact) mass is 196 g/mol. The van der Waals surface area contributed by atoms with E-state index in [0.29, 0.717) is 18.8 Å². The van der Waals surface area contributed by atoms with E-state index in [2.05, 4.69) is 18.1 Å². The number of aromatic nitrogens is 2. The zero-order valence-electron chi connectivity index (χ0n) is 7.53. The molecule has 0 radical (unpaired) electrons. The maximum Gasteiger partial charge on any atom is 0.135 e. The number of nitrogen functional groups attached to an aromatic ring is 1. The van der Waals surface area contributed by atoms with Crippen LogP contribution in [0, 0.1) is 11.3 Å². The number of nitriles is 1. The summed E-state index contributed by atoms with van der Waals surface area (Å²) < 4.78 is 1.67. The molecule has 0 unspecified atom stereocenters. The topological polar surface area (TPSA) is 67.6 Å². The second kappa shape index (κ2) is 4.77. The van der Waals surface area contributed by atoms with E-state index >= 15 is 0 Å². The average molecular weight is 196 g/mol. The summed E-state index contributed by atoms with van der Waals surface area (Å²) in [5.74, 6) is 1.65. The third kappa shape index (κ3) is 2.39. The van der Waals surface area contributed by atoms with Gasteiger partial charge in [-0.15, -0.1) is 11.8 Å². The molecule has 1 rings (SSSR count). The van der Waals surface area contributed by atoms with E-state index in [4.69, 9.17) is 11.0 Å². The Morgan fingerprint density at radius 3 is 3.15 bits per heavy atom. The fourth-order valence-electron chi connectivity index (χ4n) is 0.978. The Morgan fingerprint density at radius 2 is 2.54 bits per heavy atom. The summed E-state index contributed by atoms with van der Waals surface area (Å²) in [5.41, 5.74) is 5.80. The molecule has 0 fully saturated rings. The van der Waals surface area contributed by atoms with Gasteiger partial charge in [0.1, 0.15) is 5.82 Å². The lowest BCUT2D eigenvalue weighted by Crippen LogP contribution is -2.04. The van der Waals surface area contributed by atoms with Crippen LogP contribution >= 0.6 is 11.8 Å². The van der Waals surface area contributed by atoms with Crippen LogP contribution in [0.5, 0.6) is 0 Å². The Bertz CT molecular complexity index is 312. The van der Waals surface area contributed by atoms with Gasteiger partial charge >= 0.3 is 0 Å². The Morgan fingerprint density at radius 1 is 1.77 bits per heavy atom. The molecular formula is C8H12N4S. The van der Waals surface area contributed by atoms with Crippen molar-refractivity contribution in [3.63, 3.8) is 0 Å². The van der Waals surface area contributed by atoms with Gasteiger partial charge in [0.15, 0.2) is 0 Å². The van der Waals surface area contributed by atoms with Crippen LogP contribution in [0.4, 0.5) is 5.82 Å². The first-order valence-corrected chi connectivity index (χ1v) is 5.09. The van der Waals surface area contributed by atoms with Gasteiger partial charge in [0.2, 0.25) is 0 Å². The Labute approximate surface area is 81.7 Å². The number of aryl methyl sites for hydroxylation is 1. The second-order valence-corrected chi connectivity index (χ2v) is 3.76. The highest BCUT2D eigenvalue weighted by Gasteiger charge is 2.05. The van der Waals surface area contributed by atoms with Crippen molar-refractivity contribution in [1.82, 2.24) is 9.78 Å². The standard InChI is InChI=1S/C8H12N4S/c1-2-13-7-6-11-12(8(7)10)5-3-4-9/h6H,2-3,5,10H2,1H3. The van der Waals surface area contributed by atoms with Gasteiger partial charge in [0, 0.05) is 0 Å². The van der Waals surface area contributed by atoms with E-state index in [1.165, 1.54) is 0 Å². The molecule has 0 atom stereocenters. The fourth-order valence-corrected chi connectivity index (χ4v) is 1.66. The minimum atomic E-state index is 0.447. The molecule has 1 aromatic heterocycles. The smallest absolute Gasteiger partial charge is 0.135 e. The van der Waals surface area contributed by atoms with E-state index in [9.17, 15) is 0 Å². The summed E-state index contributed by atoms with van der Waals surface area (Å²) in [6.45, 7) is 2.64. The van der Waals surface area contributed by atoms with E-state index in [1.807, 2.05) is 0 Å². The number of nitrogens with two attached hydrogens (primary N) is 1. The number of nitrogens with zero attached hydrogens (tertiary/aromatic N) is 3. The van der Waals surface area contributed by atoms with Crippen LogP contribution in [0.25, 0.3) is 0 Å². The zero-order valence-corrected chi connectivity index (χ0v) is 8.34. The molecule has 0 amide bonds. The van der Waals surface area contributed by atoms with Gasteiger partial charge in [0.05, 0.1) is 30.1 Å². The number of hydrogen-bond acceptors (Lipinski definition) is 4. The largest absolute Gasteiger partial charge is 0.383 e. The van der Waals surface area contributed by atoms with Crippen molar-refractivity contribution in [3.8, 4) is 6.07 Å². The van der Waals surface area contributed by atoms with Crippen LogP contribution < -0.4 is 5.73 Å². The van der Waals surface area contributed by atoms with Crippen molar-refractivity contribution >= 4 is 17.6 Å². The molecule has 0 saturated heterocycles. The van der Waals surface area contributed by atoms with Crippen LogP contribution in [-0.2, 0) is 6.54 Å². The lowest BCUT2D eigenvalue weighted by Gasteiger charge is -2.00. The quantitative estimate of drug-likeness (QED) is 0.741. The van der Waals surface area contributed by atoms with Gasteiger partial charge < -0.3 is 5.73 Å². The van der Waals surface area contributed by atoms with Crippen LogP contribution in [0.2, 0.25) is 0 Å². The van der Waals surface area contributed by atoms with Crippen LogP contribution in [0.1, 0.15) is 13.3 Å². The SMILES string of the molecule is CCSc1cnn(CCC#N)c1N. The predicted molar refractivity (Wildman–Crippen MR) is 53.3 cm³/mol. The maximum absolute atomic E-state index is 8.39. The summed E-state index contributed by atoms with van der Waals surface area (Å²) >= 11 is 1.66. The predicted octanol–water partition coefficient (Wildman–Crippen LogP) is 1.49. The fraction of sp³-hybridized carbons (Fsp3) is 0.500. The van der Waals surface area contributed by atoms with Crippen LogP contribution in [0.15, 0.2) is 11.1 Å². The number of thioether (sulfide) groups is 1. The summed E-state index contributed by atoms with van der Waals surface area (Å²) in [5, 5.41) is 12.5. The van der Waals surface area contributed by atoms with E-state index in [-0.39, 0.29) is 0 Å². The summed E-state index contributed by atoms with van der Waals surface area (Å²) in [6.07, 6.45) is 2.20. The molecule has 13 heavy (non-hydrogen) atoms. The van der Waals surface area contributed by atoms with Crippen LogP contribution in [-0.4, -0.2) is 15.5 Å². The number of anilines is 1. The number of rotatable bonds is 4. The molecule has 2 N–H and O–H groups in total. The maximum atomic E-state index is 8.39. The van der Waals surface area contributed by atoms with Gasteiger partial charge in [-0.05, 0) is 5.75 Å². The molecular weight excluding hydrogens is 184 g/mol. The first-order chi connectivity index (χ1) is 6.29. The molecule has 4 nitrogen and oxygen atoms in total. The lowest BCUT2D eigenvalue weighted by molar-refractivity contribution is 0.636. The molecule has 5 heteroatoms. The molecule has 1 heterocycles. The second-order valence-electron chi connectivity index (χ2n) is 2.46. The Hall–Kier alpha value is -1.15. The third-order valence-corrected chi connectivity index (χ3v) is 2.49. The van der Waals surface area contributed by atoms with E-state index in [1.54, 1.807) is 22.6 Å². The Balaban J connectivity index is 2.69. The molecule has 0 aliphatic rings. The highest BCUT2D eigenvalue weighted by Crippen LogP contribution is 2.23. The average Bonchev–Trinajstić information content (AvgIpc) is 2.46. The van der Waals surface area contributed by atoms with Crippen LogP contribution in [0.3, 0.4) is 0 Å². The molecule has 1 aromatic rings. The van der Waals surface area contributed by atoms with E-state index in [0.717, 1.165) is 10.6 Å². The Kier molecular flexibility index (Phi) is 3.65. The normalized spacial score (nSPS) is 9.85. The highest BCUT2D eigenvalue weighted by atomic mass is 32.2. The minimum absolute atomic E-state index is 0.447. The van der Waals surface area contributed by atoms with Crippen molar-refractivity contribution < 1.29 is 0 Å². The molecule has 0 spiro atoms. The first kappa shape index (κ1) is 9.93.